The number of alkyl halides is 2. The SMILES string of the molecule is O=S(=O)(c1ccc(OC(F)F)cc1)N1CCC2(CC1)CNC2. The van der Waals surface area contributed by atoms with Crippen LogP contribution in [0.4, 0.5) is 8.78 Å². The van der Waals surface area contributed by atoms with E-state index >= 15 is 0 Å². The summed E-state index contributed by atoms with van der Waals surface area (Å²) in [4.78, 5) is 0.108. The summed E-state index contributed by atoms with van der Waals surface area (Å²) in [6, 6.07) is 5.12. The number of hydrogen-bond donors (Lipinski definition) is 1. The number of benzene rings is 1. The fraction of sp³-hybridized carbons (Fsp3) is 0.571. The third-order valence-corrected chi connectivity index (χ3v) is 6.38. The third kappa shape index (κ3) is 2.95. The Morgan fingerprint density at radius 1 is 1.14 bits per heavy atom. The summed E-state index contributed by atoms with van der Waals surface area (Å²) in [5.74, 6) is -0.0490. The van der Waals surface area contributed by atoms with Gasteiger partial charge in [0.1, 0.15) is 5.75 Å². The molecular formula is C14H18F2N2O3S. The van der Waals surface area contributed by atoms with Gasteiger partial charge >= 0.3 is 6.61 Å². The minimum Gasteiger partial charge on any atom is -0.435 e. The van der Waals surface area contributed by atoms with Crippen molar-refractivity contribution in [1.82, 2.24) is 9.62 Å². The van der Waals surface area contributed by atoms with Crippen molar-refractivity contribution in [2.75, 3.05) is 26.2 Å². The summed E-state index contributed by atoms with van der Waals surface area (Å²) in [6.07, 6.45) is 1.71. The molecule has 0 unspecified atom stereocenters. The van der Waals surface area contributed by atoms with Gasteiger partial charge in [-0.2, -0.15) is 13.1 Å². The Kier molecular flexibility index (Phi) is 4.09. The predicted molar refractivity (Wildman–Crippen MR) is 76.4 cm³/mol. The smallest absolute Gasteiger partial charge is 0.387 e. The van der Waals surface area contributed by atoms with Crippen LogP contribution in [0.1, 0.15) is 12.8 Å². The van der Waals surface area contributed by atoms with Gasteiger partial charge in [0.2, 0.25) is 10.0 Å². The lowest BCUT2D eigenvalue weighted by Crippen LogP contribution is -2.58. The Bertz CT molecular complexity index is 620. The number of sulfonamides is 1. The maximum Gasteiger partial charge on any atom is 0.387 e. The van der Waals surface area contributed by atoms with Gasteiger partial charge in [-0.1, -0.05) is 0 Å². The molecule has 3 rings (SSSR count). The van der Waals surface area contributed by atoms with Gasteiger partial charge in [-0.25, -0.2) is 8.42 Å². The lowest BCUT2D eigenvalue weighted by atomic mass is 9.74. The fourth-order valence-corrected chi connectivity index (χ4v) is 4.42. The topological polar surface area (TPSA) is 58.6 Å². The molecule has 8 heteroatoms. The van der Waals surface area contributed by atoms with E-state index < -0.39 is 16.6 Å². The van der Waals surface area contributed by atoms with Crippen molar-refractivity contribution in [2.24, 2.45) is 5.41 Å². The van der Waals surface area contributed by atoms with E-state index in [1.54, 1.807) is 0 Å². The van der Waals surface area contributed by atoms with E-state index in [2.05, 4.69) is 10.1 Å². The third-order valence-electron chi connectivity index (χ3n) is 4.47. The highest BCUT2D eigenvalue weighted by Crippen LogP contribution is 2.36. The molecule has 0 saturated carbocycles. The van der Waals surface area contributed by atoms with Crippen LogP contribution in [-0.4, -0.2) is 45.5 Å². The number of nitrogens with one attached hydrogen (secondary N) is 1. The van der Waals surface area contributed by atoms with E-state index in [-0.39, 0.29) is 16.1 Å². The molecule has 2 aliphatic heterocycles. The molecule has 2 fully saturated rings. The second-order valence-corrected chi connectivity index (χ2v) is 7.80. The van der Waals surface area contributed by atoms with Crippen LogP contribution >= 0.6 is 0 Å². The molecule has 0 amide bonds. The summed E-state index contributed by atoms with van der Waals surface area (Å²) in [6.45, 7) is -0.00323. The van der Waals surface area contributed by atoms with Crippen LogP contribution in [0.25, 0.3) is 0 Å². The van der Waals surface area contributed by atoms with E-state index in [1.807, 2.05) is 0 Å². The molecule has 0 aromatic heterocycles. The normalized spacial score (nSPS) is 21.8. The first-order valence-electron chi connectivity index (χ1n) is 7.17. The summed E-state index contributed by atoms with van der Waals surface area (Å²) in [5, 5.41) is 3.24. The molecule has 22 heavy (non-hydrogen) atoms. The molecule has 1 aromatic rings. The Labute approximate surface area is 128 Å². The molecule has 0 radical (unpaired) electrons. The molecule has 1 aromatic carbocycles. The van der Waals surface area contributed by atoms with E-state index in [1.165, 1.54) is 28.6 Å². The van der Waals surface area contributed by atoms with Crippen LogP contribution in [0.3, 0.4) is 0 Å². The molecule has 1 spiro atoms. The first-order valence-corrected chi connectivity index (χ1v) is 8.61. The molecule has 2 aliphatic rings. The van der Waals surface area contributed by atoms with Gasteiger partial charge in [0.05, 0.1) is 4.90 Å². The summed E-state index contributed by atoms with van der Waals surface area (Å²) in [7, 11) is -3.57. The summed E-state index contributed by atoms with van der Waals surface area (Å²) < 4.78 is 55.0. The lowest BCUT2D eigenvalue weighted by Gasteiger charge is -2.47. The highest BCUT2D eigenvalue weighted by Gasteiger charge is 2.42. The minimum atomic E-state index is -3.57. The summed E-state index contributed by atoms with van der Waals surface area (Å²) >= 11 is 0. The molecule has 0 atom stereocenters. The molecule has 2 saturated heterocycles. The molecule has 1 N–H and O–H groups in total. The van der Waals surface area contributed by atoms with E-state index in [4.69, 9.17) is 0 Å². The van der Waals surface area contributed by atoms with Gasteiger partial charge in [-0.3, -0.25) is 0 Å². The van der Waals surface area contributed by atoms with Crippen LogP contribution in [0.15, 0.2) is 29.2 Å². The van der Waals surface area contributed by atoms with Crippen molar-refractivity contribution in [1.29, 1.82) is 0 Å². The predicted octanol–water partition coefficient (Wildman–Crippen LogP) is 1.66. The van der Waals surface area contributed by atoms with Crippen LogP contribution in [-0.2, 0) is 10.0 Å². The van der Waals surface area contributed by atoms with Crippen molar-refractivity contribution >= 4 is 10.0 Å². The van der Waals surface area contributed by atoms with Crippen molar-refractivity contribution in [3.63, 3.8) is 0 Å². The second-order valence-electron chi connectivity index (χ2n) is 5.86. The van der Waals surface area contributed by atoms with Crippen LogP contribution in [0.2, 0.25) is 0 Å². The number of ether oxygens (including phenoxy) is 1. The Balaban J connectivity index is 1.70. The number of rotatable bonds is 4. The van der Waals surface area contributed by atoms with Gasteiger partial charge in [-0.15, -0.1) is 0 Å². The van der Waals surface area contributed by atoms with Crippen molar-refractivity contribution in [3.05, 3.63) is 24.3 Å². The molecule has 2 heterocycles. The molecular weight excluding hydrogens is 314 g/mol. The molecule has 0 aliphatic carbocycles. The minimum absolute atomic E-state index is 0.0490. The van der Waals surface area contributed by atoms with E-state index in [9.17, 15) is 17.2 Å². The highest BCUT2D eigenvalue weighted by molar-refractivity contribution is 7.89. The first kappa shape index (κ1) is 15.6. The largest absolute Gasteiger partial charge is 0.435 e. The highest BCUT2D eigenvalue weighted by atomic mass is 32.2. The zero-order valence-electron chi connectivity index (χ0n) is 12.0. The van der Waals surface area contributed by atoms with Crippen molar-refractivity contribution in [2.45, 2.75) is 24.3 Å². The lowest BCUT2D eigenvalue weighted by molar-refractivity contribution is -0.0498. The van der Waals surface area contributed by atoms with E-state index in [0.29, 0.717) is 13.1 Å². The van der Waals surface area contributed by atoms with Gasteiger partial charge in [0.15, 0.2) is 0 Å². The van der Waals surface area contributed by atoms with Gasteiger partial charge < -0.3 is 10.1 Å². The Hall–Kier alpha value is -1.25. The summed E-state index contributed by atoms with van der Waals surface area (Å²) in [5.41, 5.74) is 0.265. The molecule has 0 bridgehead atoms. The number of piperidine rings is 1. The number of hydrogen-bond acceptors (Lipinski definition) is 4. The van der Waals surface area contributed by atoms with Crippen LogP contribution < -0.4 is 10.1 Å². The monoisotopic (exact) mass is 332 g/mol. The van der Waals surface area contributed by atoms with Crippen LogP contribution in [0, 0.1) is 5.41 Å². The maximum absolute atomic E-state index is 12.6. The number of nitrogens with zero attached hydrogens (tertiary/aromatic N) is 1. The fourth-order valence-electron chi connectivity index (χ4n) is 2.98. The second kappa shape index (κ2) is 5.75. The zero-order valence-corrected chi connectivity index (χ0v) is 12.8. The van der Waals surface area contributed by atoms with E-state index in [0.717, 1.165) is 25.9 Å². The average Bonchev–Trinajstić information content (AvgIpc) is 2.46. The zero-order chi connectivity index (χ0) is 15.8. The quantitative estimate of drug-likeness (QED) is 0.911. The van der Waals surface area contributed by atoms with Crippen molar-refractivity contribution < 1.29 is 21.9 Å². The Morgan fingerprint density at radius 3 is 2.18 bits per heavy atom. The Morgan fingerprint density at radius 2 is 1.73 bits per heavy atom. The maximum atomic E-state index is 12.6. The van der Waals surface area contributed by atoms with Crippen LogP contribution in [0.5, 0.6) is 5.75 Å². The number of halogens is 2. The molecule has 5 nitrogen and oxygen atoms in total. The van der Waals surface area contributed by atoms with Gasteiger partial charge in [0, 0.05) is 26.2 Å². The standard InChI is InChI=1S/C14H18F2N2O3S/c15-13(16)21-11-1-3-12(4-2-11)22(19,20)18-7-5-14(6-8-18)9-17-10-14/h1-4,13,17H,5-10H2. The average molecular weight is 332 g/mol. The molecule has 122 valence electrons. The van der Waals surface area contributed by atoms with Gasteiger partial charge in [-0.05, 0) is 42.5 Å². The van der Waals surface area contributed by atoms with Crippen molar-refractivity contribution in [3.8, 4) is 5.75 Å². The van der Waals surface area contributed by atoms with Gasteiger partial charge in [0.25, 0.3) is 0 Å². The first-order chi connectivity index (χ1) is 10.4.